The van der Waals surface area contributed by atoms with Crippen LogP contribution in [0.15, 0.2) is 28.9 Å². The number of nitrogens with one attached hydrogen (secondary N) is 2. The van der Waals surface area contributed by atoms with Crippen LogP contribution in [0.25, 0.3) is 0 Å². The molecule has 1 amide bonds. The number of furan rings is 1. The van der Waals surface area contributed by atoms with Crippen LogP contribution >= 0.6 is 0 Å². The Labute approximate surface area is 103 Å². The number of aromatic nitrogens is 2. The summed E-state index contributed by atoms with van der Waals surface area (Å²) in [6, 6.07) is 3.64. The van der Waals surface area contributed by atoms with Crippen molar-refractivity contribution in [2.24, 2.45) is 5.84 Å². The maximum absolute atomic E-state index is 11.7. The molecule has 0 aromatic carbocycles. The highest BCUT2D eigenvalue weighted by Gasteiger charge is 2.08. The smallest absolute Gasteiger partial charge is 0.271 e. The van der Waals surface area contributed by atoms with Gasteiger partial charge in [0.1, 0.15) is 17.2 Å². The molecule has 7 nitrogen and oxygen atoms in total. The van der Waals surface area contributed by atoms with Crippen molar-refractivity contribution in [3.05, 3.63) is 41.7 Å². The van der Waals surface area contributed by atoms with Crippen LogP contribution < -0.4 is 16.6 Å². The molecule has 7 heteroatoms. The summed E-state index contributed by atoms with van der Waals surface area (Å²) in [6.07, 6.45) is 2.73. The van der Waals surface area contributed by atoms with E-state index in [1.807, 2.05) is 19.1 Å². The summed E-state index contributed by atoms with van der Waals surface area (Å²) in [5.74, 6) is 6.72. The molecule has 0 saturated heterocycles. The van der Waals surface area contributed by atoms with Crippen molar-refractivity contribution in [1.29, 1.82) is 0 Å². The van der Waals surface area contributed by atoms with Crippen molar-refractivity contribution in [2.75, 3.05) is 5.43 Å². The van der Waals surface area contributed by atoms with Crippen LogP contribution in [-0.2, 0) is 6.54 Å². The molecule has 2 aromatic rings. The van der Waals surface area contributed by atoms with E-state index in [2.05, 4.69) is 20.7 Å². The predicted octanol–water partition coefficient (Wildman–Crippen LogP) is 0.594. The highest BCUT2D eigenvalue weighted by atomic mass is 16.3. The summed E-state index contributed by atoms with van der Waals surface area (Å²) in [4.78, 5) is 19.5. The van der Waals surface area contributed by atoms with E-state index >= 15 is 0 Å². The Kier molecular flexibility index (Phi) is 3.54. The maximum Gasteiger partial charge on any atom is 0.271 e. The Hall–Kier alpha value is -2.41. The van der Waals surface area contributed by atoms with Gasteiger partial charge in [0, 0.05) is 0 Å². The van der Waals surface area contributed by atoms with Gasteiger partial charge in [0.15, 0.2) is 5.82 Å². The Morgan fingerprint density at radius 1 is 1.39 bits per heavy atom. The number of nitrogen functional groups attached to an aromatic ring is 1. The first kappa shape index (κ1) is 12.1. The number of hydrogen-bond donors (Lipinski definition) is 3. The fraction of sp³-hybridized carbons (Fsp3) is 0.182. The van der Waals surface area contributed by atoms with Crippen molar-refractivity contribution in [1.82, 2.24) is 15.3 Å². The largest absolute Gasteiger partial charge is 0.465 e. The summed E-state index contributed by atoms with van der Waals surface area (Å²) in [6.45, 7) is 2.15. The number of nitrogens with two attached hydrogens (primary N) is 1. The number of rotatable bonds is 4. The fourth-order valence-corrected chi connectivity index (χ4v) is 1.36. The van der Waals surface area contributed by atoms with E-state index in [9.17, 15) is 4.79 Å². The number of anilines is 1. The van der Waals surface area contributed by atoms with E-state index in [1.165, 1.54) is 12.4 Å². The predicted molar refractivity (Wildman–Crippen MR) is 64.5 cm³/mol. The number of carbonyl (C=O) groups excluding carboxylic acids is 1. The monoisotopic (exact) mass is 247 g/mol. The van der Waals surface area contributed by atoms with Gasteiger partial charge in [-0.15, -0.1) is 0 Å². The van der Waals surface area contributed by atoms with E-state index in [1.54, 1.807) is 0 Å². The van der Waals surface area contributed by atoms with Crippen LogP contribution in [0.1, 0.15) is 22.0 Å². The molecule has 0 aliphatic rings. The molecule has 0 saturated carbocycles. The lowest BCUT2D eigenvalue weighted by Crippen LogP contribution is -2.24. The Morgan fingerprint density at radius 2 is 2.22 bits per heavy atom. The van der Waals surface area contributed by atoms with Crippen molar-refractivity contribution in [3.8, 4) is 0 Å². The molecule has 0 aliphatic carbocycles. The highest BCUT2D eigenvalue weighted by Crippen LogP contribution is 2.06. The SMILES string of the molecule is Cc1ccc(CNC(=O)c2cnc(NN)cn2)o1. The van der Waals surface area contributed by atoms with Gasteiger partial charge in [0.2, 0.25) is 0 Å². The van der Waals surface area contributed by atoms with Crippen molar-refractivity contribution in [2.45, 2.75) is 13.5 Å². The van der Waals surface area contributed by atoms with Crippen LogP contribution in [0.4, 0.5) is 5.82 Å². The molecule has 0 radical (unpaired) electrons. The minimum atomic E-state index is -0.319. The summed E-state index contributed by atoms with van der Waals surface area (Å²) in [5.41, 5.74) is 2.55. The molecule has 2 heterocycles. The van der Waals surface area contributed by atoms with Crippen LogP contribution in [-0.4, -0.2) is 15.9 Å². The van der Waals surface area contributed by atoms with E-state index in [0.29, 0.717) is 18.1 Å². The van der Waals surface area contributed by atoms with Crippen molar-refractivity contribution >= 4 is 11.7 Å². The summed E-state index contributed by atoms with van der Waals surface area (Å²) < 4.78 is 5.33. The molecule has 18 heavy (non-hydrogen) atoms. The van der Waals surface area contributed by atoms with E-state index in [-0.39, 0.29) is 11.6 Å². The molecular formula is C11H13N5O2. The van der Waals surface area contributed by atoms with E-state index < -0.39 is 0 Å². The third-order valence-corrected chi connectivity index (χ3v) is 2.25. The number of aryl methyl sites for hydroxylation is 1. The lowest BCUT2D eigenvalue weighted by Gasteiger charge is -2.03. The molecule has 2 rings (SSSR count). The zero-order valence-corrected chi connectivity index (χ0v) is 9.80. The Balaban J connectivity index is 1.94. The topological polar surface area (TPSA) is 106 Å². The molecule has 0 bridgehead atoms. The highest BCUT2D eigenvalue weighted by molar-refractivity contribution is 5.91. The van der Waals surface area contributed by atoms with Gasteiger partial charge in [0.25, 0.3) is 5.91 Å². The van der Waals surface area contributed by atoms with Crippen LogP contribution in [0.3, 0.4) is 0 Å². The average molecular weight is 247 g/mol. The van der Waals surface area contributed by atoms with Gasteiger partial charge < -0.3 is 15.2 Å². The number of carbonyl (C=O) groups is 1. The van der Waals surface area contributed by atoms with Gasteiger partial charge in [-0.1, -0.05) is 0 Å². The van der Waals surface area contributed by atoms with Crippen molar-refractivity contribution < 1.29 is 9.21 Å². The third kappa shape index (κ3) is 2.83. The van der Waals surface area contributed by atoms with Crippen LogP contribution in [0.5, 0.6) is 0 Å². The zero-order valence-electron chi connectivity index (χ0n) is 9.80. The number of amides is 1. The lowest BCUT2D eigenvalue weighted by atomic mass is 10.4. The number of nitrogens with zero attached hydrogens (tertiary/aromatic N) is 2. The average Bonchev–Trinajstić information content (AvgIpc) is 2.82. The van der Waals surface area contributed by atoms with Gasteiger partial charge in [-0.3, -0.25) is 4.79 Å². The second kappa shape index (κ2) is 5.28. The first-order valence-electron chi connectivity index (χ1n) is 5.31. The number of hydrazine groups is 1. The third-order valence-electron chi connectivity index (χ3n) is 2.25. The van der Waals surface area contributed by atoms with E-state index in [4.69, 9.17) is 10.3 Å². The van der Waals surface area contributed by atoms with E-state index in [0.717, 1.165) is 5.76 Å². The number of hydrogen-bond acceptors (Lipinski definition) is 6. The second-order valence-corrected chi connectivity index (χ2v) is 3.63. The van der Waals surface area contributed by atoms with Crippen molar-refractivity contribution in [3.63, 3.8) is 0 Å². The molecular weight excluding hydrogens is 234 g/mol. The molecule has 0 spiro atoms. The Morgan fingerprint density at radius 3 is 2.78 bits per heavy atom. The fourth-order valence-electron chi connectivity index (χ4n) is 1.36. The lowest BCUT2D eigenvalue weighted by molar-refractivity contribution is 0.0942. The van der Waals surface area contributed by atoms with Crippen LogP contribution in [0, 0.1) is 6.92 Å². The first-order valence-corrected chi connectivity index (χ1v) is 5.31. The van der Waals surface area contributed by atoms with Gasteiger partial charge in [-0.05, 0) is 19.1 Å². The van der Waals surface area contributed by atoms with Gasteiger partial charge in [-0.2, -0.15) is 0 Å². The minimum absolute atomic E-state index is 0.220. The molecule has 0 fully saturated rings. The molecule has 0 atom stereocenters. The molecule has 4 N–H and O–H groups in total. The molecule has 94 valence electrons. The maximum atomic E-state index is 11.7. The molecule has 0 aliphatic heterocycles. The molecule has 0 unspecified atom stereocenters. The quantitative estimate of drug-likeness (QED) is 0.539. The summed E-state index contributed by atoms with van der Waals surface area (Å²) >= 11 is 0. The van der Waals surface area contributed by atoms with Gasteiger partial charge in [-0.25, -0.2) is 15.8 Å². The first-order chi connectivity index (χ1) is 8.69. The zero-order chi connectivity index (χ0) is 13.0. The van der Waals surface area contributed by atoms with Gasteiger partial charge in [0.05, 0.1) is 18.9 Å². The van der Waals surface area contributed by atoms with Gasteiger partial charge >= 0.3 is 0 Å². The normalized spacial score (nSPS) is 10.1. The Bertz CT molecular complexity index is 535. The summed E-state index contributed by atoms with van der Waals surface area (Å²) in [7, 11) is 0. The van der Waals surface area contributed by atoms with Crippen LogP contribution in [0.2, 0.25) is 0 Å². The summed E-state index contributed by atoms with van der Waals surface area (Å²) in [5, 5.41) is 2.68. The second-order valence-electron chi connectivity index (χ2n) is 3.63. The standard InChI is InChI=1S/C11H13N5O2/c1-7-2-3-8(18-7)4-15-11(17)9-5-14-10(16-12)6-13-9/h2-3,5-6H,4,12H2,1H3,(H,14,16)(H,15,17). The minimum Gasteiger partial charge on any atom is -0.465 e. The molecule has 2 aromatic heterocycles.